The van der Waals surface area contributed by atoms with E-state index in [9.17, 15) is 0 Å². The van der Waals surface area contributed by atoms with Gasteiger partial charge in [0.1, 0.15) is 11.6 Å². The molecule has 5 nitrogen and oxygen atoms in total. The van der Waals surface area contributed by atoms with Crippen LogP contribution in [-0.4, -0.2) is 42.8 Å². The van der Waals surface area contributed by atoms with E-state index < -0.39 is 0 Å². The summed E-state index contributed by atoms with van der Waals surface area (Å²) in [6.07, 6.45) is 2.52. The Bertz CT molecular complexity index is 424. The number of rotatable bonds is 6. The molecule has 0 aromatic carbocycles. The molecule has 1 aromatic heterocycles. The number of nitrogens with one attached hydrogen (secondary N) is 1. The quantitative estimate of drug-likeness (QED) is 0.862. The van der Waals surface area contributed by atoms with Gasteiger partial charge in [0.15, 0.2) is 0 Å². The molecular formula is C15H26N4O. The largest absolute Gasteiger partial charge is 0.478 e. The summed E-state index contributed by atoms with van der Waals surface area (Å²) in [6.45, 7) is 11.0. The molecule has 0 bridgehead atoms. The number of piperidine rings is 1. The average Bonchev–Trinajstić information content (AvgIpc) is 2.45. The van der Waals surface area contributed by atoms with E-state index in [-0.39, 0.29) is 0 Å². The molecule has 1 atom stereocenters. The third-order valence-electron chi connectivity index (χ3n) is 3.62. The van der Waals surface area contributed by atoms with Crippen LogP contribution < -0.4 is 15.0 Å². The Morgan fingerprint density at radius 2 is 2.25 bits per heavy atom. The summed E-state index contributed by atoms with van der Waals surface area (Å²) in [5.74, 6) is 3.17. The SMILES string of the molecule is CCNCC1CCCN(c2cc(OCC)nc(C)n2)C1. The minimum atomic E-state index is 0.638. The van der Waals surface area contributed by atoms with Crippen molar-refractivity contribution in [2.45, 2.75) is 33.6 Å². The predicted molar refractivity (Wildman–Crippen MR) is 81.4 cm³/mol. The second-order valence-electron chi connectivity index (χ2n) is 5.31. The van der Waals surface area contributed by atoms with Gasteiger partial charge in [0.05, 0.1) is 6.61 Å². The van der Waals surface area contributed by atoms with Crippen molar-refractivity contribution < 1.29 is 4.74 Å². The summed E-state index contributed by atoms with van der Waals surface area (Å²) in [6, 6.07) is 1.96. The number of ether oxygens (including phenoxy) is 1. The minimum Gasteiger partial charge on any atom is -0.478 e. The third kappa shape index (κ3) is 4.07. The zero-order valence-corrected chi connectivity index (χ0v) is 12.9. The van der Waals surface area contributed by atoms with Crippen LogP contribution in [0, 0.1) is 12.8 Å². The van der Waals surface area contributed by atoms with Gasteiger partial charge in [-0.1, -0.05) is 6.92 Å². The van der Waals surface area contributed by atoms with Gasteiger partial charge in [0, 0.05) is 19.2 Å². The predicted octanol–water partition coefficient (Wildman–Crippen LogP) is 2.01. The van der Waals surface area contributed by atoms with E-state index in [0.29, 0.717) is 18.4 Å². The normalized spacial score (nSPS) is 19.1. The van der Waals surface area contributed by atoms with E-state index in [1.807, 2.05) is 19.9 Å². The third-order valence-corrected chi connectivity index (χ3v) is 3.62. The Hall–Kier alpha value is -1.36. The highest BCUT2D eigenvalue weighted by atomic mass is 16.5. The molecule has 1 fully saturated rings. The average molecular weight is 278 g/mol. The van der Waals surface area contributed by atoms with Crippen molar-refractivity contribution in [1.29, 1.82) is 0 Å². The standard InChI is InChI=1S/C15H26N4O/c1-4-16-10-13-7-6-8-19(11-13)14-9-15(20-5-2)18-12(3)17-14/h9,13,16H,4-8,10-11H2,1-3H3. The number of nitrogens with zero attached hydrogens (tertiary/aromatic N) is 3. The Kier molecular flexibility index (Phi) is 5.59. The molecule has 112 valence electrons. The summed E-state index contributed by atoms with van der Waals surface area (Å²) in [4.78, 5) is 11.2. The van der Waals surface area contributed by atoms with Crippen LogP contribution in [0.2, 0.25) is 0 Å². The lowest BCUT2D eigenvalue weighted by Crippen LogP contribution is -2.40. The molecular weight excluding hydrogens is 252 g/mol. The van der Waals surface area contributed by atoms with Crippen molar-refractivity contribution >= 4 is 5.82 Å². The van der Waals surface area contributed by atoms with Crippen LogP contribution in [-0.2, 0) is 0 Å². The fourth-order valence-electron chi connectivity index (χ4n) is 2.70. The van der Waals surface area contributed by atoms with Crippen LogP contribution in [0.15, 0.2) is 6.07 Å². The van der Waals surface area contributed by atoms with E-state index in [2.05, 4.69) is 27.1 Å². The van der Waals surface area contributed by atoms with Gasteiger partial charge in [-0.05, 0) is 45.7 Å². The van der Waals surface area contributed by atoms with Crippen LogP contribution in [0.3, 0.4) is 0 Å². The van der Waals surface area contributed by atoms with Crippen molar-refractivity contribution in [2.75, 3.05) is 37.7 Å². The van der Waals surface area contributed by atoms with Crippen LogP contribution >= 0.6 is 0 Å². The van der Waals surface area contributed by atoms with Crippen LogP contribution in [0.25, 0.3) is 0 Å². The van der Waals surface area contributed by atoms with Crippen molar-refractivity contribution in [3.63, 3.8) is 0 Å². The second kappa shape index (κ2) is 7.43. The van der Waals surface area contributed by atoms with Gasteiger partial charge in [-0.2, -0.15) is 4.98 Å². The van der Waals surface area contributed by atoms with Crippen LogP contribution in [0.5, 0.6) is 5.88 Å². The van der Waals surface area contributed by atoms with E-state index in [0.717, 1.165) is 37.8 Å². The fraction of sp³-hybridized carbons (Fsp3) is 0.733. The number of aromatic nitrogens is 2. The summed E-state index contributed by atoms with van der Waals surface area (Å²) >= 11 is 0. The minimum absolute atomic E-state index is 0.638. The molecule has 1 N–H and O–H groups in total. The lowest BCUT2D eigenvalue weighted by molar-refractivity contribution is 0.325. The molecule has 2 rings (SSSR count). The van der Waals surface area contributed by atoms with Gasteiger partial charge < -0.3 is 15.0 Å². The first kappa shape index (κ1) is 15.0. The van der Waals surface area contributed by atoms with Crippen molar-refractivity contribution in [3.8, 4) is 5.88 Å². The first-order valence-corrected chi connectivity index (χ1v) is 7.67. The van der Waals surface area contributed by atoms with Gasteiger partial charge in [-0.15, -0.1) is 0 Å². The smallest absolute Gasteiger partial charge is 0.218 e. The molecule has 1 unspecified atom stereocenters. The van der Waals surface area contributed by atoms with Gasteiger partial charge in [0.2, 0.25) is 5.88 Å². The highest BCUT2D eigenvalue weighted by molar-refractivity contribution is 5.42. The van der Waals surface area contributed by atoms with Crippen molar-refractivity contribution in [1.82, 2.24) is 15.3 Å². The molecule has 1 saturated heterocycles. The van der Waals surface area contributed by atoms with Gasteiger partial charge in [0.25, 0.3) is 0 Å². The first-order chi connectivity index (χ1) is 9.72. The molecule has 1 aliphatic heterocycles. The highest BCUT2D eigenvalue weighted by Crippen LogP contribution is 2.23. The molecule has 1 aromatic rings. The highest BCUT2D eigenvalue weighted by Gasteiger charge is 2.21. The van der Waals surface area contributed by atoms with Crippen molar-refractivity contribution in [2.24, 2.45) is 5.92 Å². The molecule has 5 heteroatoms. The lowest BCUT2D eigenvalue weighted by atomic mass is 9.98. The van der Waals surface area contributed by atoms with Crippen LogP contribution in [0.1, 0.15) is 32.5 Å². The summed E-state index contributed by atoms with van der Waals surface area (Å²) in [5, 5.41) is 3.45. The topological polar surface area (TPSA) is 50.3 Å². The molecule has 1 aliphatic rings. The molecule has 0 spiro atoms. The van der Waals surface area contributed by atoms with E-state index in [4.69, 9.17) is 4.74 Å². The Morgan fingerprint density at radius 1 is 1.40 bits per heavy atom. The zero-order chi connectivity index (χ0) is 14.4. The van der Waals surface area contributed by atoms with E-state index in [1.165, 1.54) is 12.8 Å². The lowest BCUT2D eigenvalue weighted by Gasteiger charge is -2.33. The maximum Gasteiger partial charge on any atom is 0.218 e. The molecule has 0 saturated carbocycles. The Morgan fingerprint density at radius 3 is 3.00 bits per heavy atom. The molecule has 0 amide bonds. The van der Waals surface area contributed by atoms with Crippen molar-refractivity contribution in [3.05, 3.63) is 11.9 Å². The molecule has 2 heterocycles. The summed E-state index contributed by atoms with van der Waals surface area (Å²) < 4.78 is 5.52. The van der Waals surface area contributed by atoms with Gasteiger partial charge >= 0.3 is 0 Å². The first-order valence-electron chi connectivity index (χ1n) is 7.67. The Balaban J connectivity index is 2.05. The van der Waals surface area contributed by atoms with Crippen LogP contribution in [0.4, 0.5) is 5.82 Å². The summed E-state index contributed by atoms with van der Waals surface area (Å²) in [7, 11) is 0. The zero-order valence-electron chi connectivity index (χ0n) is 12.9. The monoisotopic (exact) mass is 278 g/mol. The van der Waals surface area contributed by atoms with E-state index >= 15 is 0 Å². The fourth-order valence-corrected chi connectivity index (χ4v) is 2.70. The van der Waals surface area contributed by atoms with Gasteiger partial charge in [-0.25, -0.2) is 4.98 Å². The number of hydrogen-bond acceptors (Lipinski definition) is 5. The van der Waals surface area contributed by atoms with E-state index in [1.54, 1.807) is 0 Å². The Labute approximate surface area is 121 Å². The summed E-state index contributed by atoms with van der Waals surface area (Å²) in [5.41, 5.74) is 0. The number of anilines is 1. The molecule has 20 heavy (non-hydrogen) atoms. The second-order valence-corrected chi connectivity index (χ2v) is 5.31. The maximum absolute atomic E-state index is 5.52. The maximum atomic E-state index is 5.52. The number of hydrogen-bond donors (Lipinski definition) is 1. The molecule has 0 aliphatic carbocycles. The van der Waals surface area contributed by atoms with Gasteiger partial charge in [-0.3, -0.25) is 0 Å². The number of aryl methyl sites for hydroxylation is 1. The molecule has 0 radical (unpaired) electrons.